The number of ether oxygens (including phenoxy) is 6. The van der Waals surface area contributed by atoms with Gasteiger partial charge in [-0.1, -0.05) is 153 Å². The third kappa shape index (κ3) is 23.7. The standard InChI is InChI=1S/C54H97NO18/c1-3-5-7-9-11-13-15-17-18-20-22-24-26-28-30-32-42(60)55-37(38(59)31-29-27-25-23-21-19-16-14-12-10-8-6-4-2)36-68-52-48(66)45(63)50(40(34-57)70-52)73-54-49(67)46(64)51(41(35-58)71-54)72-53-47(65)44(62)43(61)39(33-56)69-53/h5,7,11,13,17-18,37-41,43-54,56-59,61-67H,3-4,6,8-10,12,14-16,19-36H2,1-2H3,(H,55,60)/b7-5-,13-11-,18-17-. The van der Waals surface area contributed by atoms with Gasteiger partial charge in [0, 0.05) is 6.42 Å². The van der Waals surface area contributed by atoms with E-state index < -0.39 is 124 Å². The van der Waals surface area contributed by atoms with Gasteiger partial charge in [0.15, 0.2) is 18.9 Å². The van der Waals surface area contributed by atoms with Crippen LogP contribution in [0.15, 0.2) is 36.5 Å². The van der Waals surface area contributed by atoms with Crippen LogP contribution in [-0.2, 0) is 33.2 Å². The van der Waals surface area contributed by atoms with Crippen LogP contribution >= 0.6 is 0 Å². The number of carbonyl (C=O) groups is 1. The summed E-state index contributed by atoms with van der Waals surface area (Å²) in [6, 6.07) is -0.894. The molecule has 19 nitrogen and oxygen atoms in total. The van der Waals surface area contributed by atoms with Gasteiger partial charge in [-0.2, -0.15) is 0 Å². The largest absolute Gasteiger partial charge is 0.394 e. The molecular formula is C54H97NO18. The molecule has 17 unspecified atom stereocenters. The molecule has 73 heavy (non-hydrogen) atoms. The SMILES string of the molecule is CC/C=C\C/C=C\C/C=C\CCCCCCCC(=O)NC(COC1OC(CO)C(OC2OC(CO)C(OC3OC(CO)C(O)C(O)C3O)C(O)C2O)C(O)C1O)C(O)CCCCCCCCCCCCCCC. The highest BCUT2D eigenvalue weighted by Gasteiger charge is 2.53. The first kappa shape index (κ1) is 65.3. The van der Waals surface area contributed by atoms with Gasteiger partial charge in [-0.05, 0) is 44.9 Å². The van der Waals surface area contributed by atoms with Crippen molar-refractivity contribution < 1.29 is 89.4 Å². The van der Waals surface area contributed by atoms with Crippen molar-refractivity contribution in [2.24, 2.45) is 0 Å². The Morgan fingerprint density at radius 2 is 0.945 bits per heavy atom. The van der Waals surface area contributed by atoms with E-state index in [4.69, 9.17) is 28.4 Å². The third-order valence-corrected chi connectivity index (χ3v) is 14.0. The van der Waals surface area contributed by atoms with E-state index in [1.165, 1.54) is 57.8 Å². The van der Waals surface area contributed by atoms with E-state index in [2.05, 4.69) is 55.6 Å². The van der Waals surface area contributed by atoms with Gasteiger partial charge < -0.3 is 89.9 Å². The lowest BCUT2D eigenvalue weighted by atomic mass is 9.96. The summed E-state index contributed by atoms with van der Waals surface area (Å²) in [6.07, 6.45) is 11.0. The first-order valence-electron chi connectivity index (χ1n) is 27.7. The molecule has 0 aliphatic carbocycles. The van der Waals surface area contributed by atoms with Crippen LogP contribution in [-0.4, -0.2) is 193 Å². The van der Waals surface area contributed by atoms with Crippen LogP contribution in [0.5, 0.6) is 0 Å². The molecule has 1 amide bonds. The van der Waals surface area contributed by atoms with E-state index >= 15 is 0 Å². The number of allylic oxidation sites excluding steroid dienone is 6. The van der Waals surface area contributed by atoms with Gasteiger partial charge in [0.25, 0.3) is 0 Å². The van der Waals surface area contributed by atoms with Gasteiger partial charge >= 0.3 is 0 Å². The molecule has 3 saturated heterocycles. The first-order valence-corrected chi connectivity index (χ1v) is 27.7. The number of hydrogen-bond acceptors (Lipinski definition) is 18. The zero-order chi connectivity index (χ0) is 53.4. The number of rotatable bonds is 39. The van der Waals surface area contributed by atoms with Gasteiger partial charge in [0.2, 0.25) is 5.91 Å². The summed E-state index contributed by atoms with van der Waals surface area (Å²) in [5, 5.41) is 120. The Morgan fingerprint density at radius 3 is 1.48 bits per heavy atom. The number of hydrogen-bond donors (Lipinski definition) is 12. The zero-order valence-corrected chi connectivity index (χ0v) is 43.9. The second kappa shape index (κ2) is 38.5. The Balaban J connectivity index is 1.53. The predicted molar refractivity (Wildman–Crippen MR) is 272 cm³/mol. The second-order valence-electron chi connectivity index (χ2n) is 20.0. The van der Waals surface area contributed by atoms with Crippen molar-refractivity contribution in [3.63, 3.8) is 0 Å². The molecule has 0 aromatic carbocycles. The average Bonchev–Trinajstić information content (AvgIpc) is 3.39. The molecule has 3 rings (SSSR count). The van der Waals surface area contributed by atoms with Crippen molar-refractivity contribution in [1.29, 1.82) is 0 Å². The van der Waals surface area contributed by atoms with Gasteiger partial charge in [-0.25, -0.2) is 0 Å². The van der Waals surface area contributed by atoms with Crippen molar-refractivity contribution in [3.05, 3.63) is 36.5 Å². The normalized spacial score (nSPS) is 32.0. The fourth-order valence-electron chi connectivity index (χ4n) is 9.38. The van der Waals surface area contributed by atoms with E-state index in [0.717, 1.165) is 77.0 Å². The first-order chi connectivity index (χ1) is 35.3. The highest BCUT2D eigenvalue weighted by Crippen LogP contribution is 2.33. The van der Waals surface area contributed by atoms with Crippen LogP contribution < -0.4 is 5.32 Å². The summed E-state index contributed by atoms with van der Waals surface area (Å²) < 4.78 is 34.2. The van der Waals surface area contributed by atoms with E-state index in [9.17, 15) is 61.0 Å². The van der Waals surface area contributed by atoms with Crippen molar-refractivity contribution in [3.8, 4) is 0 Å². The van der Waals surface area contributed by atoms with Crippen molar-refractivity contribution in [2.75, 3.05) is 26.4 Å². The van der Waals surface area contributed by atoms with Gasteiger partial charge in [0.05, 0.1) is 38.6 Å². The minimum absolute atomic E-state index is 0.246. The maximum Gasteiger partial charge on any atom is 0.220 e. The molecule has 3 aliphatic heterocycles. The molecule has 0 aromatic rings. The molecule has 3 aliphatic rings. The van der Waals surface area contributed by atoms with Gasteiger partial charge in [0.1, 0.15) is 73.2 Å². The average molecular weight is 1050 g/mol. The summed E-state index contributed by atoms with van der Waals surface area (Å²) in [7, 11) is 0. The van der Waals surface area contributed by atoms with E-state index in [1.807, 2.05) is 0 Å². The number of unbranched alkanes of at least 4 members (excludes halogenated alkanes) is 17. The fourth-order valence-corrected chi connectivity index (χ4v) is 9.38. The molecule has 3 heterocycles. The van der Waals surface area contributed by atoms with E-state index in [1.54, 1.807) is 0 Å². The molecule has 19 heteroatoms. The molecular weight excluding hydrogens is 951 g/mol. The molecule has 0 bridgehead atoms. The molecule has 0 aromatic heterocycles. The fraction of sp³-hybridized carbons (Fsp3) is 0.870. The molecule has 17 atom stereocenters. The lowest BCUT2D eigenvalue weighted by molar-refractivity contribution is -0.379. The Kier molecular flexibility index (Phi) is 34.5. The maximum absolute atomic E-state index is 13.3. The van der Waals surface area contributed by atoms with Crippen LogP contribution in [0, 0.1) is 0 Å². The summed E-state index contributed by atoms with van der Waals surface area (Å²) in [4.78, 5) is 13.3. The third-order valence-electron chi connectivity index (χ3n) is 14.0. The smallest absolute Gasteiger partial charge is 0.220 e. The Labute approximate surface area is 434 Å². The lowest BCUT2D eigenvalue weighted by Crippen LogP contribution is -2.66. The lowest BCUT2D eigenvalue weighted by Gasteiger charge is -2.48. The van der Waals surface area contributed by atoms with Crippen LogP contribution in [0.25, 0.3) is 0 Å². The number of aliphatic hydroxyl groups is 11. The summed E-state index contributed by atoms with van der Waals surface area (Å²) >= 11 is 0. The van der Waals surface area contributed by atoms with E-state index in [-0.39, 0.29) is 18.9 Å². The minimum Gasteiger partial charge on any atom is -0.394 e. The molecule has 0 spiro atoms. The molecule has 426 valence electrons. The van der Waals surface area contributed by atoms with Crippen LogP contribution in [0.4, 0.5) is 0 Å². The van der Waals surface area contributed by atoms with Crippen LogP contribution in [0.2, 0.25) is 0 Å². The minimum atomic E-state index is -1.97. The molecule has 12 N–H and O–H groups in total. The zero-order valence-electron chi connectivity index (χ0n) is 43.9. The number of nitrogens with one attached hydrogen (secondary N) is 1. The van der Waals surface area contributed by atoms with Crippen LogP contribution in [0.3, 0.4) is 0 Å². The number of aliphatic hydroxyl groups excluding tert-OH is 11. The number of amides is 1. The molecule has 0 saturated carbocycles. The Hall–Kier alpha value is -1.99. The molecule has 3 fully saturated rings. The monoisotopic (exact) mass is 1050 g/mol. The highest BCUT2D eigenvalue weighted by molar-refractivity contribution is 5.76. The van der Waals surface area contributed by atoms with Crippen LogP contribution in [0.1, 0.15) is 168 Å². The van der Waals surface area contributed by atoms with Crippen molar-refractivity contribution in [2.45, 2.75) is 272 Å². The second-order valence-corrected chi connectivity index (χ2v) is 20.0. The van der Waals surface area contributed by atoms with E-state index in [0.29, 0.717) is 12.8 Å². The summed E-state index contributed by atoms with van der Waals surface area (Å²) in [6.45, 7) is 1.63. The summed E-state index contributed by atoms with van der Waals surface area (Å²) in [5.41, 5.74) is 0. The topological polar surface area (TPSA) is 307 Å². The van der Waals surface area contributed by atoms with Gasteiger partial charge in [-0.15, -0.1) is 0 Å². The van der Waals surface area contributed by atoms with Crippen molar-refractivity contribution in [1.82, 2.24) is 5.32 Å². The van der Waals surface area contributed by atoms with Gasteiger partial charge in [-0.3, -0.25) is 4.79 Å². The predicted octanol–water partition coefficient (Wildman–Crippen LogP) is 3.37. The summed E-state index contributed by atoms with van der Waals surface area (Å²) in [5.74, 6) is -0.263. The highest BCUT2D eigenvalue weighted by atomic mass is 16.8. The Morgan fingerprint density at radius 1 is 0.507 bits per heavy atom. The quantitative estimate of drug-likeness (QED) is 0.0310. The number of carbonyl (C=O) groups excluding carboxylic acids is 1. The maximum atomic E-state index is 13.3. The molecule has 0 radical (unpaired) electrons. The van der Waals surface area contributed by atoms with Crippen molar-refractivity contribution >= 4 is 5.91 Å². The Bertz CT molecular complexity index is 1490.